The van der Waals surface area contributed by atoms with Gasteiger partial charge in [-0.1, -0.05) is 0 Å². The number of rotatable bonds is 4. The zero-order chi connectivity index (χ0) is 21.3. The summed E-state index contributed by atoms with van der Waals surface area (Å²) in [4.78, 5) is 19.9. The summed E-state index contributed by atoms with van der Waals surface area (Å²) in [5.41, 5.74) is 1.97. The minimum atomic E-state index is -2.98. The van der Waals surface area contributed by atoms with Gasteiger partial charge >= 0.3 is 6.61 Å². The second kappa shape index (κ2) is 7.94. The van der Waals surface area contributed by atoms with Crippen LogP contribution in [0.25, 0.3) is 16.6 Å². The number of aromatic nitrogens is 3. The van der Waals surface area contributed by atoms with Crippen LogP contribution in [0.3, 0.4) is 0 Å². The third-order valence-electron chi connectivity index (χ3n) is 5.04. The van der Waals surface area contributed by atoms with Crippen LogP contribution in [0.4, 0.5) is 14.6 Å². The first kappa shape index (κ1) is 19.6. The molecule has 3 aromatic rings. The molecule has 0 unspecified atom stereocenters. The van der Waals surface area contributed by atoms with Crippen LogP contribution in [0.15, 0.2) is 36.8 Å². The highest BCUT2D eigenvalue weighted by molar-refractivity contribution is 5.85. The van der Waals surface area contributed by atoms with Crippen molar-refractivity contribution in [2.75, 3.05) is 31.1 Å². The smallest absolute Gasteiger partial charge is 0.387 e. The lowest BCUT2D eigenvalue weighted by Crippen LogP contribution is -2.48. The Morgan fingerprint density at radius 3 is 2.60 bits per heavy atom. The zero-order valence-corrected chi connectivity index (χ0v) is 16.1. The average Bonchev–Trinajstić information content (AvgIpc) is 3.16. The molecule has 0 N–H and O–H groups in total. The Bertz CT molecular complexity index is 1110. The lowest BCUT2D eigenvalue weighted by molar-refractivity contribution is -0.129. The van der Waals surface area contributed by atoms with Crippen LogP contribution in [0.5, 0.6) is 5.75 Å². The van der Waals surface area contributed by atoms with E-state index in [0.717, 1.165) is 5.82 Å². The lowest BCUT2D eigenvalue weighted by atomic mass is 10.1. The first-order valence-electron chi connectivity index (χ1n) is 9.29. The molecule has 1 fully saturated rings. The fourth-order valence-corrected chi connectivity index (χ4v) is 3.55. The van der Waals surface area contributed by atoms with Crippen molar-refractivity contribution in [3.05, 3.63) is 42.4 Å². The van der Waals surface area contributed by atoms with E-state index in [1.165, 1.54) is 23.0 Å². The summed E-state index contributed by atoms with van der Waals surface area (Å²) in [6.07, 6.45) is 4.31. The fraction of sp³-hybridized carbons (Fsp3) is 0.300. The van der Waals surface area contributed by atoms with Crippen LogP contribution >= 0.6 is 0 Å². The van der Waals surface area contributed by atoms with E-state index < -0.39 is 6.61 Å². The van der Waals surface area contributed by atoms with Crippen molar-refractivity contribution in [3.8, 4) is 22.9 Å². The van der Waals surface area contributed by atoms with Gasteiger partial charge in [-0.25, -0.2) is 9.50 Å². The molecule has 154 valence electrons. The maximum atomic E-state index is 12.7. The lowest BCUT2D eigenvalue weighted by Gasteiger charge is -2.34. The second-order valence-corrected chi connectivity index (χ2v) is 6.83. The van der Waals surface area contributed by atoms with E-state index in [1.54, 1.807) is 18.0 Å². The maximum Gasteiger partial charge on any atom is 0.387 e. The van der Waals surface area contributed by atoms with Crippen LogP contribution < -0.4 is 9.64 Å². The Balaban J connectivity index is 1.66. The monoisotopic (exact) mass is 412 g/mol. The van der Waals surface area contributed by atoms with Gasteiger partial charge in [-0.05, 0) is 18.2 Å². The van der Waals surface area contributed by atoms with E-state index >= 15 is 0 Å². The summed E-state index contributed by atoms with van der Waals surface area (Å²) in [5.74, 6) is 0.749. The molecule has 3 aromatic heterocycles. The molecule has 1 aliphatic heterocycles. The Morgan fingerprint density at radius 1 is 1.23 bits per heavy atom. The molecule has 4 heterocycles. The van der Waals surface area contributed by atoms with Crippen molar-refractivity contribution >= 4 is 17.2 Å². The number of fused-ring (bicyclic) bond motifs is 1. The normalized spacial score (nSPS) is 14.2. The van der Waals surface area contributed by atoms with Crippen molar-refractivity contribution in [2.24, 2.45) is 0 Å². The second-order valence-electron chi connectivity index (χ2n) is 6.83. The minimum Gasteiger partial charge on any atom is -0.433 e. The predicted octanol–water partition coefficient (Wildman–Crippen LogP) is 2.54. The minimum absolute atomic E-state index is 0.0574. The van der Waals surface area contributed by atoms with E-state index in [9.17, 15) is 18.8 Å². The quantitative estimate of drug-likeness (QED) is 0.655. The average molecular weight is 412 g/mol. The number of anilines is 1. The van der Waals surface area contributed by atoms with Gasteiger partial charge in [0.1, 0.15) is 17.6 Å². The van der Waals surface area contributed by atoms with Crippen LogP contribution in [0, 0.1) is 11.3 Å². The van der Waals surface area contributed by atoms with E-state index in [0.29, 0.717) is 48.4 Å². The molecule has 1 aliphatic rings. The summed E-state index contributed by atoms with van der Waals surface area (Å²) in [5, 5.41) is 13.4. The predicted molar refractivity (Wildman–Crippen MR) is 104 cm³/mol. The van der Waals surface area contributed by atoms with E-state index in [2.05, 4.69) is 25.8 Å². The Morgan fingerprint density at radius 2 is 2.00 bits per heavy atom. The van der Waals surface area contributed by atoms with Gasteiger partial charge in [-0.3, -0.25) is 4.79 Å². The molecule has 8 nitrogen and oxygen atoms in total. The number of nitriles is 1. The van der Waals surface area contributed by atoms with Crippen molar-refractivity contribution in [1.82, 2.24) is 19.5 Å². The van der Waals surface area contributed by atoms with Crippen LogP contribution in [0.1, 0.15) is 12.5 Å². The maximum absolute atomic E-state index is 12.7. The molecule has 0 aromatic carbocycles. The number of carbonyl (C=O) groups is 1. The van der Waals surface area contributed by atoms with Crippen molar-refractivity contribution < 1.29 is 18.3 Å². The summed E-state index contributed by atoms with van der Waals surface area (Å²) < 4.78 is 31.3. The van der Waals surface area contributed by atoms with Gasteiger partial charge in [0.15, 0.2) is 0 Å². The number of pyridine rings is 2. The number of ether oxygens (including phenoxy) is 1. The number of piperazine rings is 1. The SMILES string of the molecule is CC(=O)N1CCN(c2ccc(-c3cc(OC(F)F)cn4ncc(C#N)c34)cn2)CC1. The highest BCUT2D eigenvalue weighted by Gasteiger charge is 2.20. The molecular formula is C20H18F2N6O2. The number of hydrogen-bond donors (Lipinski definition) is 0. The van der Waals surface area contributed by atoms with Crippen molar-refractivity contribution in [2.45, 2.75) is 13.5 Å². The van der Waals surface area contributed by atoms with Gasteiger partial charge in [0.25, 0.3) is 0 Å². The molecule has 0 atom stereocenters. The number of amides is 1. The van der Waals surface area contributed by atoms with Crippen LogP contribution in [-0.2, 0) is 4.79 Å². The standard InChI is InChI=1S/C20H18F2N6O2/c1-13(29)26-4-6-27(7-5-26)18-3-2-14(10-24-18)17-8-16(30-20(21)22)12-28-19(17)15(9-23)11-25-28/h2-3,8,10-12,20H,4-7H2,1H3. The number of hydrogen-bond acceptors (Lipinski definition) is 6. The summed E-state index contributed by atoms with van der Waals surface area (Å²) in [7, 11) is 0. The van der Waals surface area contributed by atoms with E-state index in [1.807, 2.05) is 12.1 Å². The Kier molecular flexibility index (Phi) is 5.18. The number of nitrogens with zero attached hydrogens (tertiary/aromatic N) is 6. The third-order valence-corrected chi connectivity index (χ3v) is 5.04. The molecule has 1 amide bonds. The highest BCUT2D eigenvalue weighted by Crippen LogP contribution is 2.31. The molecule has 4 rings (SSSR count). The number of halogens is 2. The van der Waals surface area contributed by atoms with Gasteiger partial charge in [-0.2, -0.15) is 19.1 Å². The summed E-state index contributed by atoms with van der Waals surface area (Å²) >= 11 is 0. The topological polar surface area (TPSA) is 86.8 Å². The molecule has 0 saturated carbocycles. The van der Waals surface area contributed by atoms with Crippen LogP contribution in [0.2, 0.25) is 0 Å². The van der Waals surface area contributed by atoms with Gasteiger partial charge in [-0.15, -0.1) is 0 Å². The van der Waals surface area contributed by atoms with Crippen molar-refractivity contribution in [3.63, 3.8) is 0 Å². The van der Waals surface area contributed by atoms with Crippen LogP contribution in [-0.4, -0.2) is 58.2 Å². The highest BCUT2D eigenvalue weighted by atomic mass is 19.3. The fourth-order valence-electron chi connectivity index (χ4n) is 3.55. The van der Waals surface area contributed by atoms with E-state index in [4.69, 9.17) is 0 Å². The van der Waals surface area contributed by atoms with Gasteiger partial charge in [0.2, 0.25) is 5.91 Å². The Hall–Kier alpha value is -3.74. The molecule has 30 heavy (non-hydrogen) atoms. The molecule has 1 saturated heterocycles. The first-order chi connectivity index (χ1) is 14.5. The molecule has 0 bridgehead atoms. The largest absolute Gasteiger partial charge is 0.433 e. The van der Waals surface area contributed by atoms with Gasteiger partial charge in [0.05, 0.1) is 23.5 Å². The van der Waals surface area contributed by atoms with Gasteiger partial charge in [0, 0.05) is 50.4 Å². The van der Waals surface area contributed by atoms with Crippen molar-refractivity contribution in [1.29, 1.82) is 5.26 Å². The third kappa shape index (κ3) is 3.74. The molecule has 0 aliphatic carbocycles. The zero-order valence-electron chi connectivity index (χ0n) is 16.1. The number of alkyl halides is 2. The molecule has 0 spiro atoms. The molecule has 0 radical (unpaired) electrons. The Labute approximate surface area is 170 Å². The van der Waals surface area contributed by atoms with Gasteiger partial charge < -0.3 is 14.5 Å². The molecule has 10 heteroatoms. The van der Waals surface area contributed by atoms with E-state index in [-0.39, 0.29) is 11.7 Å². The summed E-state index contributed by atoms with van der Waals surface area (Å²) in [6.45, 7) is 1.20. The molecular weight excluding hydrogens is 394 g/mol. The summed E-state index contributed by atoms with van der Waals surface area (Å²) in [6, 6.07) is 7.16. The first-order valence-corrected chi connectivity index (χ1v) is 9.29. The number of carbonyl (C=O) groups excluding carboxylic acids is 1.